The molecule has 0 unspecified atom stereocenters. The molecule has 8 atom stereocenters. The maximum absolute atomic E-state index is 15.2. The molecule has 6 aliphatic rings. The highest BCUT2D eigenvalue weighted by molar-refractivity contribution is 5.45. The van der Waals surface area contributed by atoms with Crippen LogP contribution in [0.1, 0.15) is 12.1 Å². The van der Waals surface area contributed by atoms with Crippen molar-refractivity contribution in [3.8, 4) is 5.69 Å². The van der Waals surface area contributed by atoms with Gasteiger partial charge in [-0.1, -0.05) is 18.2 Å². The van der Waals surface area contributed by atoms with E-state index in [-0.39, 0.29) is 29.3 Å². The highest BCUT2D eigenvalue weighted by Crippen LogP contribution is 2.94. The van der Waals surface area contributed by atoms with Crippen molar-refractivity contribution in [3.05, 3.63) is 51.3 Å². The summed E-state index contributed by atoms with van der Waals surface area (Å²) in [7, 11) is 0. The molecule has 2 aromatic rings. The van der Waals surface area contributed by atoms with Gasteiger partial charge in [0.05, 0.1) is 17.8 Å². The summed E-state index contributed by atoms with van der Waals surface area (Å²) in [6.07, 6.45) is 0. The summed E-state index contributed by atoms with van der Waals surface area (Å²) in [6, 6.07) is 8.45. The zero-order chi connectivity index (χ0) is 14.5. The Morgan fingerprint density at radius 3 is 2.32 bits per heavy atom. The minimum absolute atomic E-state index is 0.0128. The van der Waals surface area contributed by atoms with Crippen LogP contribution in [0.25, 0.3) is 5.69 Å². The van der Waals surface area contributed by atoms with Gasteiger partial charge in [0.2, 0.25) is 0 Å². The van der Waals surface area contributed by atoms with Crippen LogP contribution in [0.15, 0.2) is 39.9 Å². The first kappa shape index (κ1) is 10.6. The topological polar surface area (TPSA) is 48.9 Å². The van der Waals surface area contributed by atoms with Gasteiger partial charge in [-0.25, -0.2) is 27.9 Å². The summed E-state index contributed by atoms with van der Waals surface area (Å²) in [5.74, 6) is 1.28. The quantitative estimate of drug-likeness (QED) is 0.779. The Hall–Kier alpha value is -2.11. The largest absolute Gasteiger partial charge is 0.352 e. The smallest absolute Gasteiger partial charge is 0.245 e. The van der Waals surface area contributed by atoms with Gasteiger partial charge in [-0.05, 0) is 29.9 Å². The molecule has 110 valence electrons. The monoisotopic (exact) mass is 297 g/mol. The van der Waals surface area contributed by atoms with E-state index in [1.807, 2.05) is 6.07 Å². The number of aromatic nitrogens is 3. The number of hydrogen-bond donors (Lipinski definition) is 0. The summed E-state index contributed by atoms with van der Waals surface area (Å²) < 4.78 is 19.5. The molecule has 1 aromatic carbocycles. The van der Waals surface area contributed by atoms with E-state index in [0.717, 1.165) is 0 Å². The molecule has 2 aliphatic heterocycles. The van der Waals surface area contributed by atoms with Crippen molar-refractivity contribution in [2.24, 2.45) is 29.6 Å². The van der Waals surface area contributed by atoms with Crippen molar-refractivity contribution in [3.63, 3.8) is 0 Å². The van der Waals surface area contributed by atoms with Gasteiger partial charge in [0.25, 0.3) is 0 Å². The van der Waals surface area contributed by atoms with Gasteiger partial charge in [-0.2, -0.15) is 0 Å². The lowest BCUT2D eigenvalue weighted by molar-refractivity contribution is 0.0263. The van der Waals surface area contributed by atoms with Crippen molar-refractivity contribution in [1.82, 2.24) is 13.9 Å². The number of nitrogens with zero attached hydrogens (tertiary/aromatic N) is 3. The summed E-state index contributed by atoms with van der Waals surface area (Å²) in [4.78, 5) is 25.7. The summed E-state index contributed by atoms with van der Waals surface area (Å²) in [5.41, 5.74) is -1.31. The molecule has 2 bridgehead atoms. The van der Waals surface area contributed by atoms with Gasteiger partial charge in [-0.15, -0.1) is 0 Å². The van der Waals surface area contributed by atoms with Crippen molar-refractivity contribution in [1.29, 1.82) is 0 Å². The van der Waals surface area contributed by atoms with Crippen molar-refractivity contribution < 1.29 is 4.39 Å². The van der Waals surface area contributed by atoms with E-state index in [0.29, 0.717) is 23.4 Å². The molecular weight excluding hydrogens is 285 g/mol. The Bertz CT molecular complexity index is 1000. The Balaban J connectivity index is 1.59. The molecule has 8 rings (SSSR count). The molecule has 22 heavy (non-hydrogen) atoms. The lowest BCUT2D eigenvalue weighted by Crippen LogP contribution is -2.49. The van der Waals surface area contributed by atoms with Gasteiger partial charge in [0.1, 0.15) is 5.67 Å². The van der Waals surface area contributed by atoms with Crippen molar-refractivity contribution >= 4 is 0 Å². The number of hydrogen-bond acceptors (Lipinski definition) is 2. The van der Waals surface area contributed by atoms with E-state index in [1.165, 1.54) is 9.25 Å². The maximum atomic E-state index is 15.2. The lowest BCUT2D eigenvalue weighted by Gasteiger charge is -2.39. The SMILES string of the molecule is O=c1n(-c2ccccc2)c(=O)n2n1[C@@H]1[C@H]3[C@H]4[C@H]3[C@@H]2[C@@]2(F)[C@H]4[C@@H]12. The summed E-state index contributed by atoms with van der Waals surface area (Å²) in [5, 5.41) is 0. The molecule has 0 amide bonds. The first-order valence-corrected chi connectivity index (χ1v) is 7.88. The Morgan fingerprint density at radius 1 is 0.909 bits per heavy atom. The standard InChI is InChI=1S/C16H12FN3O2/c17-16-10-7-8-9(7)13(16)20-15(22)18(6-4-2-1-3-5-6)14(21)19(20)12(8)11(10)16/h1-5,7-13H/t7-,8-,9+,10+,11-,12+,13+,16+/m0/s1. The number of halogens is 1. The minimum Gasteiger partial charge on any atom is -0.245 e. The van der Waals surface area contributed by atoms with Crippen LogP contribution in [0.3, 0.4) is 0 Å². The fourth-order valence-electron chi connectivity index (χ4n) is 6.57. The molecule has 3 heterocycles. The predicted molar refractivity (Wildman–Crippen MR) is 73.7 cm³/mol. The highest BCUT2D eigenvalue weighted by Gasteiger charge is 2.98. The second-order valence-corrected chi connectivity index (χ2v) is 7.47. The first-order chi connectivity index (χ1) is 10.7. The predicted octanol–water partition coefficient (Wildman–Crippen LogP) is 0.740. The van der Waals surface area contributed by atoms with E-state index >= 15 is 4.39 Å². The molecule has 0 N–H and O–H groups in total. The van der Waals surface area contributed by atoms with Crippen molar-refractivity contribution in [2.75, 3.05) is 0 Å². The molecule has 0 saturated heterocycles. The number of alkyl halides is 1. The highest BCUT2D eigenvalue weighted by atomic mass is 19.1. The zero-order valence-corrected chi connectivity index (χ0v) is 11.5. The molecule has 4 fully saturated rings. The molecule has 4 aliphatic carbocycles. The van der Waals surface area contributed by atoms with Gasteiger partial charge >= 0.3 is 11.4 Å². The Labute approximate surface area is 123 Å². The molecule has 4 saturated carbocycles. The van der Waals surface area contributed by atoms with Crippen LogP contribution in [0.4, 0.5) is 4.39 Å². The molecule has 0 spiro atoms. The molecule has 1 aromatic heterocycles. The van der Waals surface area contributed by atoms with Gasteiger partial charge < -0.3 is 0 Å². The second-order valence-electron chi connectivity index (χ2n) is 7.47. The molecule has 0 radical (unpaired) electrons. The maximum Gasteiger partial charge on any atom is 0.352 e. The Morgan fingerprint density at radius 2 is 1.64 bits per heavy atom. The van der Waals surface area contributed by atoms with Crippen LogP contribution >= 0.6 is 0 Å². The third-order valence-electron chi connectivity index (χ3n) is 7.05. The third-order valence-corrected chi connectivity index (χ3v) is 7.05. The lowest BCUT2D eigenvalue weighted by atomic mass is 9.87. The fourth-order valence-corrected chi connectivity index (χ4v) is 6.57. The second kappa shape index (κ2) is 2.64. The average Bonchev–Trinajstić information content (AvgIpc) is 3.26. The summed E-state index contributed by atoms with van der Waals surface area (Å²) >= 11 is 0. The molecule has 5 nitrogen and oxygen atoms in total. The van der Waals surface area contributed by atoms with Crippen LogP contribution < -0.4 is 11.4 Å². The Kier molecular flexibility index (Phi) is 1.27. The third kappa shape index (κ3) is 0.725. The average molecular weight is 297 g/mol. The van der Waals surface area contributed by atoms with E-state index in [1.54, 1.807) is 28.9 Å². The van der Waals surface area contributed by atoms with Crippen LogP contribution in [0.2, 0.25) is 0 Å². The molecular formula is C16H12FN3O2. The normalized spacial score (nSPS) is 50.1. The van der Waals surface area contributed by atoms with Gasteiger partial charge in [0, 0.05) is 11.8 Å². The number of rotatable bonds is 1. The van der Waals surface area contributed by atoms with Crippen molar-refractivity contribution in [2.45, 2.75) is 17.8 Å². The van der Waals surface area contributed by atoms with Gasteiger partial charge in [-0.3, -0.25) is 0 Å². The van der Waals surface area contributed by atoms with E-state index in [4.69, 9.17) is 0 Å². The summed E-state index contributed by atoms with van der Waals surface area (Å²) in [6.45, 7) is 0. The van der Waals surface area contributed by atoms with E-state index < -0.39 is 11.7 Å². The van der Waals surface area contributed by atoms with E-state index in [9.17, 15) is 9.59 Å². The minimum atomic E-state index is -1.20. The van der Waals surface area contributed by atoms with Crippen LogP contribution in [-0.2, 0) is 0 Å². The first-order valence-electron chi connectivity index (χ1n) is 7.88. The van der Waals surface area contributed by atoms with Crippen LogP contribution in [-0.4, -0.2) is 19.6 Å². The number of benzene rings is 1. The zero-order valence-electron chi connectivity index (χ0n) is 11.5. The molecule has 6 heteroatoms. The van der Waals surface area contributed by atoms with Gasteiger partial charge in [0.15, 0.2) is 0 Å². The fraction of sp³-hybridized carbons (Fsp3) is 0.500. The van der Waals surface area contributed by atoms with Crippen LogP contribution in [0.5, 0.6) is 0 Å². The number of para-hydroxylation sites is 1. The van der Waals surface area contributed by atoms with Crippen LogP contribution in [0, 0.1) is 29.6 Å². The van der Waals surface area contributed by atoms with E-state index in [2.05, 4.69) is 0 Å².